The molecule has 1 aromatic heterocycles. The van der Waals surface area contributed by atoms with Gasteiger partial charge in [-0.1, -0.05) is 23.7 Å². The Morgan fingerprint density at radius 2 is 1.93 bits per heavy atom. The van der Waals surface area contributed by atoms with Crippen molar-refractivity contribution in [3.8, 4) is 0 Å². The number of nitrogens with zero attached hydrogens (tertiary/aromatic N) is 3. The second-order valence-corrected chi connectivity index (χ2v) is 8.66. The zero-order valence-corrected chi connectivity index (χ0v) is 19.8. The third kappa shape index (κ3) is 7.00. The van der Waals surface area contributed by atoms with Crippen LogP contribution in [0.4, 0.5) is 0 Å². The molecule has 0 unspecified atom stereocenters. The number of rotatable bonds is 6. The van der Waals surface area contributed by atoms with E-state index >= 15 is 0 Å². The smallest absolute Gasteiger partial charge is 0.194 e. The summed E-state index contributed by atoms with van der Waals surface area (Å²) < 4.78 is 25.1. The molecule has 0 atom stereocenters. The van der Waals surface area contributed by atoms with E-state index in [9.17, 15) is 8.42 Å². The van der Waals surface area contributed by atoms with Crippen molar-refractivity contribution in [1.29, 1.82) is 0 Å². The SMILES string of the molecule is CCNC(=NCc1ccc(S(C)(=O)=O)cc1)N(C)Cc1cc(Cl)cn1C.I. The van der Waals surface area contributed by atoms with E-state index in [1.807, 2.05) is 42.7 Å². The lowest BCUT2D eigenvalue weighted by atomic mass is 10.2. The predicted molar refractivity (Wildman–Crippen MR) is 122 cm³/mol. The number of aromatic nitrogens is 1. The first-order valence-corrected chi connectivity index (χ1v) is 10.6. The van der Waals surface area contributed by atoms with Crippen LogP contribution in [0.2, 0.25) is 5.02 Å². The molecule has 0 fully saturated rings. The average Bonchev–Trinajstić information content (AvgIpc) is 2.88. The normalized spacial score (nSPS) is 11.8. The summed E-state index contributed by atoms with van der Waals surface area (Å²) in [5.74, 6) is 0.775. The summed E-state index contributed by atoms with van der Waals surface area (Å²) in [6.45, 7) is 3.90. The van der Waals surface area contributed by atoms with Crippen LogP contribution >= 0.6 is 35.6 Å². The van der Waals surface area contributed by atoms with E-state index in [1.54, 1.807) is 24.3 Å². The van der Waals surface area contributed by atoms with Crippen molar-refractivity contribution >= 4 is 51.4 Å². The Balaban J connectivity index is 0.00000364. The summed E-state index contributed by atoms with van der Waals surface area (Å²) in [4.78, 5) is 6.99. The van der Waals surface area contributed by atoms with Gasteiger partial charge in [0.2, 0.25) is 0 Å². The maximum atomic E-state index is 11.5. The number of nitrogens with one attached hydrogen (secondary N) is 1. The molecule has 6 nitrogen and oxygen atoms in total. The van der Waals surface area contributed by atoms with Crippen molar-refractivity contribution in [2.75, 3.05) is 19.8 Å². The minimum absolute atomic E-state index is 0. The second-order valence-electron chi connectivity index (χ2n) is 6.20. The van der Waals surface area contributed by atoms with E-state index in [4.69, 9.17) is 11.6 Å². The first-order valence-electron chi connectivity index (χ1n) is 8.30. The van der Waals surface area contributed by atoms with Gasteiger partial charge in [0.1, 0.15) is 0 Å². The largest absolute Gasteiger partial charge is 0.357 e. The monoisotopic (exact) mass is 524 g/mol. The van der Waals surface area contributed by atoms with Crippen LogP contribution < -0.4 is 5.32 Å². The average molecular weight is 525 g/mol. The molecule has 1 aromatic carbocycles. The van der Waals surface area contributed by atoms with E-state index in [2.05, 4.69) is 10.3 Å². The molecule has 27 heavy (non-hydrogen) atoms. The number of aliphatic imine (C=N–C) groups is 1. The Kier molecular flexibility index (Phi) is 9.10. The molecule has 0 aliphatic rings. The molecule has 1 heterocycles. The topological polar surface area (TPSA) is 66.7 Å². The molecule has 0 amide bonds. The fraction of sp³-hybridized carbons (Fsp3) is 0.389. The standard InChI is InChI=1S/C18H25ClN4O2S.HI/c1-5-20-18(23(3)13-16-10-15(19)12-22(16)2)21-11-14-6-8-17(9-7-14)26(4,24)25;/h6-10,12H,5,11,13H2,1-4H3,(H,20,21);1H. The van der Waals surface area contributed by atoms with Gasteiger partial charge in [-0.05, 0) is 30.7 Å². The molecule has 0 spiro atoms. The summed E-state index contributed by atoms with van der Waals surface area (Å²) in [6, 6.07) is 8.75. The van der Waals surface area contributed by atoms with Gasteiger partial charge < -0.3 is 14.8 Å². The molecule has 1 N–H and O–H groups in total. The summed E-state index contributed by atoms with van der Waals surface area (Å²) >= 11 is 6.05. The fourth-order valence-corrected chi connectivity index (χ4v) is 3.42. The van der Waals surface area contributed by atoms with Gasteiger partial charge in [0.25, 0.3) is 0 Å². The van der Waals surface area contributed by atoms with E-state index in [1.165, 1.54) is 6.26 Å². The van der Waals surface area contributed by atoms with E-state index in [-0.39, 0.29) is 24.0 Å². The van der Waals surface area contributed by atoms with Crippen LogP contribution in [0.3, 0.4) is 0 Å². The quantitative estimate of drug-likeness (QED) is 0.358. The summed E-state index contributed by atoms with van der Waals surface area (Å²) in [7, 11) is 0.749. The third-order valence-electron chi connectivity index (χ3n) is 3.93. The molecule has 0 radical (unpaired) electrons. The van der Waals surface area contributed by atoms with Crippen LogP contribution in [0.15, 0.2) is 46.4 Å². The van der Waals surface area contributed by atoms with E-state index in [0.29, 0.717) is 23.0 Å². The molecule has 0 aliphatic carbocycles. The molecule has 150 valence electrons. The number of aryl methyl sites for hydroxylation is 1. The van der Waals surface area contributed by atoms with E-state index in [0.717, 1.165) is 23.8 Å². The number of benzene rings is 1. The van der Waals surface area contributed by atoms with Crippen molar-refractivity contribution in [3.63, 3.8) is 0 Å². The van der Waals surface area contributed by atoms with Crippen molar-refractivity contribution < 1.29 is 8.42 Å². The second kappa shape index (κ2) is 10.3. The molecule has 0 aliphatic heterocycles. The molecular formula is C18H26ClIN4O2S. The van der Waals surface area contributed by atoms with Crippen molar-refractivity contribution in [2.24, 2.45) is 12.0 Å². The Morgan fingerprint density at radius 1 is 1.30 bits per heavy atom. The minimum atomic E-state index is -3.18. The van der Waals surface area contributed by atoms with Crippen LogP contribution in [0.1, 0.15) is 18.2 Å². The summed E-state index contributed by atoms with van der Waals surface area (Å²) in [5, 5.41) is 3.98. The highest BCUT2D eigenvalue weighted by molar-refractivity contribution is 14.0. The lowest BCUT2D eigenvalue weighted by molar-refractivity contribution is 0.462. The lowest BCUT2D eigenvalue weighted by Crippen LogP contribution is -2.38. The van der Waals surface area contributed by atoms with Crippen LogP contribution in [-0.2, 0) is 30.0 Å². The highest BCUT2D eigenvalue weighted by atomic mass is 127. The zero-order chi connectivity index (χ0) is 19.3. The first-order chi connectivity index (χ1) is 12.2. The predicted octanol–water partition coefficient (Wildman–Crippen LogP) is 3.30. The number of hydrogen-bond acceptors (Lipinski definition) is 3. The zero-order valence-electron chi connectivity index (χ0n) is 15.9. The van der Waals surface area contributed by atoms with Crippen molar-refractivity contribution in [1.82, 2.24) is 14.8 Å². The van der Waals surface area contributed by atoms with Gasteiger partial charge in [-0.15, -0.1) is 24.0 Å². The van der Waals surface area contributed by atoms with E-state index < -0.39 is 9.84 Å². The van der Waals surface area contributed by atoms with Gasteiger partial charge in [0, 0.05) is 38.8 Å². The van der Waals surface area contributed by atoms with Gasteiger partial charge >= 0.3 is 0 Å². The van der Waals surface area contributed by atoms with Crippen molar-refractivity contribution in [2.45, 2.75) is 24.9 Å². The number of hydrogen-bond donors (Lipinski definition) is 1. The fourth-order valence-electron chi connectivity index (χ4n) is 2.52. The molecule has 0 bridgehead atoms. The van der Waals surface area contributed by atoms with Gasteiger partial charge in [-0.25, -0.2) is 13.4 Å². The van der Waals surface area contributed by atoms with Crippen LogP contribution in [-0.4, -0.2) is 43.7 Å². The number of halogens is 2. The summed E-state index contributed by atoms with van der Waals surface area (Å²) in [5.41, 5.74) is 2.03. The number of guanidine groups is 1. The maximum absolute atomic E-state index is 11.5. The molecule has 2 aromatic rings. The van der Waals surface area contributed by atoms with Gasteiger partial charge in [-0.2, -0.15) is 0 Å². The Hall–Kier alpha value is -1.26. The molecule has 0 saturated heterocycles. The molecule has 9 heteroatoms. The first kappa shape index (κ1) is 23.8. The van der Waals surface area contributed by atoms with Gasteiger partial charge in [-0.3, -0.25) is 0 Å². The number of sulfone groups is 1. The van der Waals surface area contributed by atoms with Gasteiger partial charge in [0.15, 0.2) is 15.8 Å². The molecule has 2 rings (SSSR count). The van der Waals surface area contributed by atoms with Crippen LogP contribution in [0.25, 0.3) is 0 Å². The Labute approximate surface area is 183 Å². The van der Waals surface area contributed by atoms with Gasteiger partial charge in [0.05, 0.1) is 23.0 Å². The van der Waals surface area contributed by atoms with Crippen molar-refractivity contribution in [3.05, 3.63) is 52.8 Å². The minimum Gasteiger partial charge on any atom is -0.357 e. The highest BCUT2D eigenvalue weighted by Crippen LogP contribution is 2.15. The van der Waals surface area contributed by atoms with Crippen LogP contribution in [0, 0.1) is 0 Å². The third-order valence-corrected chi connectivity index (χ3v) is 5.27. The lowest BCUT2D eigenvalue weighted by Gasteiger charge is -2.22. The Bertz CT molecular complexity index is 879. The summed E-state index contributed by atoms with van der Waals surface area (Å²) in [6.07, 6.45) is 3.08. The van der Waals surface area contributed by atoms with Crippen LogP contribution in [0.5, 0.6) is 0 Å². The maximum Gasteiger partial charge on any atom is 0.194 e. The molecular weight excluding hydrogens is 499 g/mol. The Morgan fingerprint density at radius 3 is 2.41 bits per heavy atom. The highest BCUT2D eigenvalue weighted by Gasteiger charge is 2.10. The molecule has 0 saturated carbocycles.